The Bertz CT molecular complexity index is 563. The first-order valence-corrected chi connectivity index (χ1v) is 6.80. The fraction of sp³-hybridized carbons (Fsp3) is 0.308. The predicted molar refractivity (Wildman–Crippen MR) is 78.4 cm³/mol. The average Bonchev–Trinajstić information content (AvgIpc) is 2.82. The van der Waals surface area contributed by atoms with Crippen molar-refractivity contribution in [2.24, 2.45) is 0 Å². The standard InChI is InChI=1S/C13H15BrClN3/c1-13(2,16-3)12-7-17-8-18(12)9-4-5-11(15)10(14)6-9/h4-8,16H,1-3H3. The zero-order valence-electron chi connectivity index (χ0n) is 10.5. The highest BCUT2D eigenvalue weighted by molar-refractivity contribution is 9.10. The number of hydrogen-bond acceptors (Lipinski definition) is 2. The van der Waals surface area contributed by atoms with E-state index < -0.39 is 0 Å². The molecule has 0 saturated carbocycles. The monoisotopic (exact) mass is 327 g/mol. The minimum Gasteiger partial charge on any atom is -0.310 e. The third-order valence-electron chi connectivity index (χ3n) is 3.09. The van der Waals surface area contributed by atoms with Crippen molar-refractivity contribution in [3.8, 4) is 5.69 Å². The highest BCUT2D eigenvalue weighted by Crippen LogP contribution is 2.28. The van der Waals surface area contributed by atoms with E-state index in [2.05, 4.69) is 44.6 Å². The molecule has 0 amide bonds. The first-order valence-electron chi connectivity index (χ1n) is 5.63. The van der Waals surface area contributed by atoms with Crippen LogP contribution in [0.3, 0.4) is 0 Å². The molecule has 2 aromatic rings. The van der Waals surface area contributed by atoms with Gasteiger partial charge in [-0.05, 0) is 55.0 Å². The van der Waals surface area contributed by atoms with Gasteiger partial charge in [-0.25, -0.2) is 4.98 Å². The fourth-order valence-electron chi connectivity index (χ4n) is 1.73. The molecule has 96 valence electrons. The lowest BCUT2D eigenvalue weighted by molar-refractivity contribution is 0.425. The van der Waals surface area contributed by atoms with Crippen LogP contribution in [0.15, 0.2) is 35.2 Å². The van der Waals surface area contributed by atoms with Crippen LogP contribution in [0.1, 0.15) is 19.5 Å². The third kappa shape index (κ3) is 2.46. The summed E-state index contributed by atoms with van der Waals surface area (Å²) in [6.45, 7) is 4.23. The fourth-order valence-corrected chi connectivity index (χ4v) is 2.21. The van der Waals surface area contributed by atoms with Gasteiger partial charge in [0.15, 0.2) is 0 Å². The second-order valence-corrected chi connectivity index (χ2v) is 5.88. The Labute approximate surface area is 120 Å². The van der Waals surface area contributed by atoms with Crippen molar-refractivity contribution in [2.45, 2.75) is 19.4 Å². The highest BCUT2D eigenvalue weighted by atomic mass is 79.9. The topological polar surface area (TPSA) is 29.9 Å². The van der Waals surface area contributed by atoms with Gasteiger partial charge in [-0.3, -0.25) is 0 Å². The van der Waals surface area contributed by atoms with E-state index in [4.69, 9.17) is 11.6 Å². The van der Waals surface area contributed by atoms with Crippen LogP contribution in [-0.2, 0) is 5.54 Å². The Kier molecular flexibility index (Phi) is 3.80. The zero-order valence-corrected chi connectivity index (χ0v) is 12.9. The second kappa shape index (κ2) is 5.03. The molecule has 1 aromatic heterocycles. The van der Waals surface area contributed by atoms with Gasteiger partial charge in [-0.2, -0.15) is 0 Å². The lowest BCUT2D eigenvalue weighted by atomic mass is 10.0. The molecular weight excluding hydrogens is 314 g/mol. The Morgan fingerprint density at radius 2 is 2.11 bits per heavy atom. The minimum absolute atomic E-state index is 0.150. The second-order valence-electron chi connectivity index (χ2n) is 4.62. The minimum atomic E-state index is -0.150. The van der Waals surface area contributed by atoms with E-state index in [-0.39, 0.29) is 5.54 Å². The van der Waals surface area contributed by atoms with Crippen LogP contribution in [-0.4, -0.2) is 16.6 Å². The van der Waals surface area contributed by atoms with Crippen LogP contribution in [0.5, 0.6) is 0 Å². The Morgan fingerprint density at radius 1 is 1.39 bits per heavy atom. The number of rotatable bonds is 3. The molecule has 0 unspecified atom stereocenters. The summed E-state index contributed by atoms with van der Waals surface area (Å²) in [5, 5.41) is 3.98. The largest absolute Gasteiger partial charge is 0.310 e. The van der Waals surface area contributed by atoms with Crippen molar-refractivity contribution in [3.05, 3.63) is 45.9 Å². The number of nitrogens with zero attached hydrogens (tertiary/aromatic N) is 2. The quantitative estimate of drug-likeness (QED) is 0.930. The van der Waals surface area contributed by atoms with Crippen molar-refractivity contribution >= 4 is 27.5 Å². The summed E-state index contributed by atoms with van der Waals surface area (Å²) in [5.41, 5.74) is 1.98. The lowest BCUT2D eigenvalue weighted by Gasteiger charge is -2.25. The number of nitrogens with one attached hydrogen (secondary N) is 1. The zero-order chi connectivity index (χ0) is 13.3. The molecule has 0 bridgehead atoms. The maximum Gasteiger partial charge on any atom is 0.0994 e. The van der Waals surface area contributed by atoms with Crippen LogP contribution in [0.2, 0.25) is 5.02 Å². The summed E-state index contributed by atoms with van der Waals surface area (Å²) in [7, 11) is 1.94. The molecule has 5 heteroatoms. The Morgan fingerprint density at radius 3 is 2.72 bits per heavy atom. The van der Waals surface area contributed by atoms with E-state index in [1.54, 1.807) is 0 Å². The van der Waals surface area contributed by atoms with Crippen LogP contribution in [0.4, 0.5) is 0 Å². The van der Waals surface area contributed by atoms with E-state index in [0.717, 1.165) is 15.9 Å². The molecule has 1 aromatic carbocycles. The number of halogens is 2. The molecule has 0 saturated heterocycles. The summed E-state index contributed by atoms with van der Waals surface area (Å²) in [5.74, 6) is 0. The van der Waals surface area contributed by atoms with Gasteiger partial charge >= 0.3 is 0 Å². The van der Waals surface area contributed by atoms with Crippen LogP contribution < -0.4 is 5.32 Å². The van der Waals surface area contributed by atoms with E-state index in [0.29, 0.717) is 5.02 Å². The molecule has 0 atom stereocenters. The molecule has 2 rings (SSSR count). The normalized spacial score (nSPS) is 11.8. The molecule has 1 heterocycles. The van der Waals surface area contributed by atoms with Gasteiger partial charge in [-0.15, -0.1) is 0 Å². The van der Waals surface area contributed by atoms with Gasteiger partial charge < -0.3 is 9.88 Å². The molecule has 1 N–H and O–H groups in total. The summed E-state index contributed by atoms with van der Waals surface area (Å²) < 4.78 is 2.93. The van der Waals surface area contributed by atoms with Crippen LogP contribution in [0, 0.1) is 0 Å². The van der Waals surface area contributed by atoms with Crippen molar-refractivity contribution in [1.29, 1.82) is 0 Å². The molecule has 0 fully saturated rings. The van der Waals surface area contributed by atoms with E-state index >= 15 is 0 Å². The van der Waals surface area contributed by atoms with Gasteiger partial charge in [0.1, 0.15) is 0 Å². The van der Waals surface area contributed by atoms with Gasteiger partial charge in [0, 0.05) is 10.2 Å². The SMILES string of the molecule is CNC(C)(C)c1cncn1-c1ccc(Cl)c(Br)c1. The van der Waals surface area contributed by atoms with Crippen molar-refractivity contribution in [3.63, 3.8) is 0 Å². The van der Waals surface area contributed by atoms with Gasteiger partial charge in [0.05, 0.1) is 28.8 Å². The van der Waals surface area contributed by atoms with Crippen molar-refractivity contribution in [2.75, 3.05) is 7.05 Å². The average molecular weight is 329 g/mol. The highest BCUT2D eigenvalue weighted by Gasteiger charge is 2.22. The third-order valence-corrected chi connectivity index (χ3v) is 4.30. The lowest BCUT2D eigenvalue weighted by Crippen LogP contribution is -2.35. The van der Waals surface area contributed by atoms with Crippen LogP contribution in [0.25, 0.3) is 5.69 Å². The maximum atomic E-state index is 6.01. The number of imidazole rings is 1. The summed E-state index contributed by atoms with van der Waals surface area (Å²) >= 11 is 9.46. The molecule has 18 heavy (non-hydrogen) atoms. The molecular formula is C13H15BrClN3. The molecule has 0 radical (unpaired) electrons. The van der Waals surface area contributed by atoms with Gasteiger partial charge in [-0.1, -0.05) is 11.6 Å². The number of aromatic nitrogens is 2. The van der Waals surface area contributed by atoms with E-state index in [1.165, 1.54) is 0 Å². The molecule has 0 spiro atoms. The molecule has 0 aliphatic carbocycles. The number of hydrogen-bond donors (Lipinski definition) is 1. The van der Waals surface area contributed by atoms with Crippen LogP contribution >= 0.6 is 27.5 Å². The predicted octanol–water partition coefficient (Wildman–Crippen LogP) is 3.74. The summed E-state index contributed by atoms with van der Waals surface area (Å²) in [4.78, 5) is 4.24. The first kappa shape index (κ1) is 13.6. The van der Waals surface area contributed by atoms with Gasteiger partial charge in [0.25, 0.3) is 0 Å². The first-order chi connectivity index (χ1) is 8.45. The molecule has 3 nitrogen and oxygen atoms in total. The van der Waals surface area contributed by atoms with Crippen molar-refractivity contribution in [1.82, 2.24) is 14.9 Å². The van der Waals surface area contributed by atoms with E-state index in [1.807, 2.05) is 37.8 Å². The molecule has 0 aliphatic rings. The van der Waals surface area contributed by atoms with E-state index in [9.17, 15) is 0 Å². The summed E-state index contributed by atoms with van der Waals surface area (Å²) in [6, 6.07) is 5.83. The summed E-state index contributed by atoms with van der Waals surface area (Å²) in [6.07, 6.45) is 3.68. The number of benzene rings is 1. The Balaban J connectivity index is 2.52. The van der Waals surface area contributed by atoms with Crippen molar-refractivity contribution < 1.29 is 0 Å². The Hall–Kier alpha value is -0.840. The maximum absolute atomic E-state index is 6.01. The van der Waals surface area contributed by atoms with Gasteiger partial charge in [0.2, 0.25) is 0 Å². The molecule has 0 aliphatic heterocycles. The smallest absolute Gasteiger partial charge is 0.0994 e.